The first-order valence-corrected chi connectivity index (χ1v) is 7.27. The topological polar surface area (TPSA) is 66.4 Å². The standard InChI is InChI=1S/C14H21NO3S/c1-13(2,3)19(18)15-14(4,10-12(16)17)11-8-6-5-7-9-11/h5-9,15H,10H2,1-4H3,(H,16,17)/t14-,19?/m1/s1. The second-order valence-electron chi connectivity index (χ2n) is 5.75. The number of carboxylic acid groups (broad SMARTS) is 1. The van der Waals surface area contributed by atoms with E-state index in [0.29, 0.717) is 0 Å². The lowest BCUT2D eigenvalue weighted by Gasteiger charge is -2.32. The molecule has 1 unspecified atom stereocenters. The van der Waals surface area contributed by atoms with E-state index in [-0.39, 0.29) is 6.42 Å². The molecule has 106 valence electrons. The first-order chi connectivity index (χ1) is 8.65. The molecule has 0 fully saturated rings. The number of hydrogen-bond donors (Lipinski definition) is 2. The number of carboxylic acids is 1. The maximum Gasteiger partial charge on any atom is 0.305 e. The fraction of sp³-hybridized carbons (Fsp3) is 0.500. The fourth-order valence-electron chi connectivity index (χ4n) is 1.66. The molecule has 0 bridgehead atoms. The van der Waals surface area contributed by atoms with Crippen molar-refractivity contribution in [2.75, 3.05) is 0 Å². The second kappa shape index (κ2) is 5.84. The van der Waals surface area contributed by atoms with E-state index < -0.39 is 27.2 Å². The third-order valence-corrected chi connectivity index (χ3v) is 4.54. The molecule has 0 saturated heterocycles. The third kappa shape index (κ3) is 4.44. The average Bonchev–Trinajstić information content (AvgIpc) is 2.27. The third-order valence-electron chi connectivity index (χ3n) is 2.79. The summed E-state index contributed by atoms with van der Waals surface area (Å²) in [6.07, 6.45) is -0.126. The lowest BCUT2D eigenvalue weighted by Crippen LogP contribution is -2.47. The molecule has 5 heteroatoms. The Kier molecular flexibility index (Phi) is 4.87. The summed E-state index contributed by atoms with van der Waals surface area (Å²) < 4.78 is 14.8. The first-order valence-electron chi connectivity index (χ1n) is 6.12. The molecule has 2 N–H and O–H groups in total. The van der Waals surface area contributed by atoms with Crippen molar-refractivity contribution in [3.8, 4) is 0 Å². The van der Waals surface area contributed by atoms with Crippen LogP contribution in [0.5, 0.6) is 0 Å². The van der Waals surface area contributed by atoms with Crippen LogP contribution in [-0.4, -0.2) is 20.0 Å². The van der Waals surface area contributed by atoms with Crippen LogP contribution in [0.3, 0.4) is 0 Å². The molecule has 0 saturated carbocycles. The Morgan fingerprint density at radius 1 is 1.21 bits per heavy atom. The Morgan fingerprint density at radius 2 is 1.74 bits per heavy atom. The molecule has 0 radical (unpaired) electrons. The number of nitrogens with one attached hydrogen (secondary N) is 1. The normalized spacial score (nSPS) is 16.6. The van der Waals surface area contributed by atoms with E-state index in [1.165, 1.54) is 0 Å². The van der Waals surface area contributed by atoms with E-state index in [9.17, 15) is 9.00 Å². The molecule has 4 nitrogen and oxygen atoms in total. The maximum atomic E-state index is 12.2. The van der Waals surface area contributed by atoms with Gasteiger partial charge in [-0.1, -0.05) is 30.3 Å². The smallest absolute Gasteiger partial charge is 0.305 e. The van der Waals surface area contributed by atoms with Gasteiger partial charge in [-0.25, -0.2) is 8.93 Å². The van der Waals surface area contributed by atoms with Gasteiger partial charge < -0.3 is 5.11 Å². The molecule has 0 aliphatic rings. The highest BCUT2D eigenvalue weighted by molar-refractivity contribution is 7.84. The van der Waals surface area contributed by atoms with E-state index in [0.717, 1.165) is 5.56 Å². The maximum absolute atomic E-state index is 12.2. The van der Waals surface area contributed by atoms with Crippen LogP contribution in [0.1, 0.15) is 39.7 Å². The van der Waals surface area contributed by atoms with Crippen molar-refractivity contribution < 1.29 is 14.1 Å². The van der Waals surface area contributed by atoms with Gasteiger partial charge in [0, 0.05) is 0 Å². The molecule has 0 aliphatic heterocycles. The van der Waals surface area contributed by atoms with Crippen LogP contribution in [0.2, 0.25) is 0 Å². The quantitative estimate of drug-likeness (QED) is 0.872. The summed E-state index contributed by atoms with van der Waals surface area (Å²) in [5, 5.41) is 9.09. The molecule has 0 aromatic heterocycles. The van der Waals surface area contributed by atoms with Gasteiger partial charge in [0.05, 0.1) is 27.7 Å². The number of aliphatic carboxylic acids is 1. The van der Waals surface area contributed by atoms with Crippen molar-refractivity contribution in [2.45, 2.75) is 44.4 Å². The first kappa shape index (κ1) is 15.9. The summed E-state index contributed by atoms with van der Waals surface area (Å²) in [5.41, 5.74) is -0.0411. The predicted molar refractivity (Wildman–Crippen MR) is 77.1 cm³/mol. The zero-order chi connectivity index (χ0) is 14.7. The molecular formula is C14H21NO3S. The van der Waals surface area contributed by atoms with Gasteiger partial charge in [0.25, 0.3) is 0 Å². The van der Waals surface area contributed by atoms with Crippen molar-refractivity contribution in [2.24, 2.45) is 0 Å². The van der Waals surface area contributed by atoms with Crippen LogP contribution in [0.25, 0.3) is 0 Å². The van der Waals surface area contributed by atoms with E-state index in [2.05, 4.69) is 4.72 Å². The van der Waals surface area contributed by atoms with Crippen molar-refractivity contribution in [3.05, 3.63) is 35.9 Å². The molecule has 0 aliphatic carbocycles. The van der Waals surface area contributed by atoms with Crippen LogP contribution in [-0.2, 0) is 21.3 Å². The van der Waals surface area contributed by atoms with Crippen LogP contribution in [0.4, 0.5) is 0 Å². The minimum Gasteiger partial charge on any atom is -0.481 e. The highest BCUT2D eigenvalue weighted by Gasteiger charge is 2.34. The fourth-order valence-corrected chi connectivity index (χ4v) is 2.57. The molecule has 19 heavy (non-hydrogen) atoms. The van der Waals surface area contributed by atoms with Crippen LogP contribution in [0, 0.1) is 0 Å². The van der Waals surface area contributed by atoms with E-state index in [1.807, 2.05) is 51.1 Å². The van der Waals surface area contributed by atoms with E-state index >= 15 is 0 Å². The van der Waals surface area contributed by atoms with Crippen LogP contribution >= 0.6 is 0 Å². The Bertz CT molecular complexity index is 467. The molecule has 0 heterocycles. The molecule has 0 amide bonds. The minimum atomic E-state index is -1.34. The summed E-state index contributed by atoms with van der Waals surface area (Å²) in [4.78, 5) is 11.1. The van der Waals surface area contributed by atoms with E-state index in [4.69, 9.17) is 5.11 Å². The Labute approximate surface area is 116 Å². The lowest BCUT2D eigenvalue weighted by molar-refractivity contribution is -0.138. The molecular weight excluding hydrogens is 262 g/mol. The highest BCUT2D eigenvalue weighted by Crippen LogP contribution is 2.27. The minimum absolute atomic E-state index is 0.126. The molecule has 2 atom stereocenters. The van der Waals surface area contributed by atoms with Gasteiger partial charge in [0.1, 0.15) is 0 Å². The summed E-state index contributed by atoms with van der Waals surface area (Å²) >= 11 is 0. The lowest BCUT2D eigenvalue weighted by atomic mass is 9.90. The SMILES string of the molecule is CC(C)(C)S(=O)N[C@](C)(CC(=O)O)c1ccccc1. The molecule has 1 aromatic carbocycles. The highest BCUT2D eigenvalue weighted by atomic mass is 32.2. The van der Waals surface area contributed by atoms with Crippen molar-refractivity contribution >= 4 is 17.0 Å². The van der Waals surface area contributed by atoms with Crippen LogP contribution < -0.4 is 4.72 Å². The van der Waals surface area contributed by atoms with Gasteiger partial charge in [-0.15, -0.1) is 0 Å². The van der Waals surface area contributed by atoms with Gasteiger partial charge >= 0.3 is 5.97 Å². The summed E-state index contributed by atoms with van der Waals surface area (Å²) in [6, 6.07) is 9.24. The van der Waals surface area contributed by atoms with Crippen molar-refractivity contribution in [1.82, 2.24) is 4.72 Å². The van der Waals surface area contributed by atoms with Crippen LogP contribution in [0.15, 0.2) is 30.3 Å². The van der Waals surface area contributed by atoms with Gasteiger partial charge in [-0.2, -0.15) is 0 Å². The van der Waals surface area contributed by atoms with E-state index in [1.54, 1.807) is 6.92 Å². The molecule has 0 spiro atoms. The predicted octanol–water partition coefficient (Wildman–Crippen LogP) is 2.43. The molecule has 1 aromatic rings. The Balaban J connectivity index is 3.08. The number of benzene rings is 1. The summed E-state index contributed by atoms with van der Waals surface area (Å²) in [6.45, 7) is 7.31. The number of hydrogen-bond acceptors (Lipinski definition) is 2. The second-order valence-corrected chi connectivity index (χ2v) is 7.72. The molecule has 1 rings (SSSR count). The van der Waals surface area contributed by atoms with Gasteiger partial charge in [-0.3, -0.25) is 4.79 Å². The van der Waals surface area contributed by atoms with Crippen molar-refractivity contribution in [1.29, 1.82) is 0 Å². The Morgan fingerprint density at radius 3 is 2.16 bits per heavy atom. The Hall–Kier alpha value is -1.20. The summed E-state index contributed by atoms with van der Waals surface area (Å²) in [5.74, 6) is -0.926. The zero-order valence-electron chi connectivity index (χ0n) is 11.8. The van der Waals surface area contributed by atoms with Gasteiger partial charge in [0.15, 0.2) is 0 Å². The number of rotatable bonds is 5. The van der Waals surface area contributed by atoms with Gasteiger partial charge in [0.2, 0.25) is 0 Å². The average molecular weight is 283 g/mol. The monoisotopic (exact) mass is 283 g/mol. The number of carbonyl (C=O) groups is 1. The van der Waals surface area contributed by atoms with Gasteiger partial charge in [-0.05, 0) is 33.3 Å². The summed E-state index contributed by atoms with van der Waals surface area (Å²) in [7, 11) is -1.34. The van der Waals surface area contributed by atoms with Crippen molar-refractivity contribution in [3.63, 3.8) is 0 Å². The largest absolute Gasteiger partial charge is 0.481 e. The zero-order valence-corrected chi connectivity index (χ0v) is 12.6.